The first-order chi connectivity index (χ1) is 9.91. The number of amides is 2. The van der Waals surface area contributed by atoms with E-state index in [9.17, 15) is 9.59 Å². The van der Waals surface area contributed by atoms with Crippen LogP contribution in [0.3, 0.4) is 0 Å². The van der Waals surface area contributed by atoms with E-state index in [2.05, 4.69) is 5.32 Å². The predicted molar refractivity (Wildman–Crippen MR) is 81.4 cm³/mol. The van der Waals surface area contributed by atoms with Gasteiger partial charge in [-0.15, -0.1) is 0 Å². The lowest BCUT2D eigenvalue weighted by Crippen LogP contribution is -2.63. The van der Waals surface area contributed by atoms with Crippen molar-refractivity contribution in [3.05, 3.63) is 29.3 Å². The number of carbonyl (C=O) groups is 2. The van der Waals surface area contributed by atoms with Gasteiger partial charge >= 0.3 is 0 Å². The minimum Gasteiger partial charge on any atom is -0.384 e. The van der Waals surface area contributed by atoms with E-state index in [-0.39, 0.29) is 11.8 Å². The molecule has 5 heteroatoms. The molecule has 21 heavy (non-hydrogen) atoms. The third-order valence-corrected chi connectivity index (χ3v) is 4.51. The maximum absolute atomic E-state index is 12.8. The molecule has 1 aromatic carbocycles. The Kier molecular flexibility index (Phi) is 3.15. The van der Waals surface area contributed by atoms with Gasteiger partial charge in [0.15, 0.2) is 0 Å². The van der Waals surface area contributed by atoms with Crippen LogP contribution in [-0.2, 0) is 11.2 Å². The highest BCUT2D eigenvalue weighted by Gasteiger charge is 2.43. The Labute approximate surface area is 124 Å². The molecule has 5 nitrogen and oxygen atoms in total. The van der Waals surface area contributed by atoms with Gasteiger partial charge in [0, 0.05) is 37.9 Å². The number of fused-ring (bicyclic) bond motifs is 1. The standard InChI is InChI=1S/C16H21N3O2/c1-16(2)15(21)18(3)8-9-19(16)14(20)12-4-5-13-11(10-12)6-7-17-13/h4-5,10,17H,6-9H2,1-3H3. The van der Waals surface area contributed by atoms with Crippen molar-refractivity contribution in [2.24, 2.45) is 0 Å². The number of nitrogens with one attached hydrogen (secondary N) is 1. The van der Waals surface area contributed by atoms with Crippen molar-refractivity contribution in [3.63, 3.8) is 0 Å². The first-order valence-electron chi connectivity index (χ1n) is 7.35. The zero-order valence-corrected chi connectivity index (χ0v) is 12.8. The molecule has 112 valence electrons. The van der Waals surface area contributed by atoms with Gasteiger partial charge in [0.05, 0.1) is 0 Å². The fourth-order valence-corrected chi connectivity index (χ4v) is 3.16. The monoisotopic (exact) mass is 287 g/mol. The second-order valence-electron chi connectivity index (χ2n) is 6.29. The van der Waals surface area contributed by atoms with E-state index in [0.29, 0.717) is 18.7 Å². The average Bonchev–Trinajstić information content (AvgIpc) is 2.91. The molecule has 2 heterocycles. The number of anilines is 1. The molecule has 0 unspecified atom stereocenters. The van der Waals surface area contributed by atoms with Gasteiger partial charge in [0.25, 0.3) is 5.91 Å². The number of hydrogen-bond donors (Lipinski definition) is 1. The van der Waals surface area contributed by atoms with Crippen LogP contribution in [0.25, 0.3) is 0 Å². The van der Waals surface area contributed by atoms with Gasteiger partial charge in [-0.25, -0.2) is 0 Å². The van der Waals surface area contributed by atoms with E-state index in [4.69, 9.17) is 0 Å². The van der Waals surface area contributed by atoms with Crippen molar-refractivity contribution in [2.75, 3.05) is 32.0 Å². The van der Waals surface area contributed by atoms with Gasteiger partial charge < -0.3 is 15.1 Å². The Balaban J connectivity index is 1.90. The molecular weight excluding hydrogens is 266 g/mol. The van der Waals surface area contributed by atoms with Crippen molar-refractivity contribution < 1.29 is 9.59 Å². The van der Waals surface area contributed by atoms with Crippen molar-refractivity contribution >= 4 is 17.5 Å². The van der Waals surface area contributed by atoms with Crippen LogP contribution in [0.5, 0.6) is 0 Å². The molecule has 0 radical (unpaired) electrons. The second kappa shape index (κ2) is 4.76. The lowest BCUT2D eigenvalue weighted by molar-refractivity contribution is -0.144. The molecule has 0 atom stereocenters. The lowest BCUT2D eigenvalue weighted by atomic mass is 9.96. The van der Waals surface area contributed by atoms with Gasteiger partial charge in [0.1, 0.15) is 5.54 Å². The fraction of sp³-hybridized carbons (Fsp3) is 0.500. The molecule has 3 rings (SSSR count). The minimum absolute atomic E-state index is 0.00933. The van der Waals surface area contributed by atoms with Crippen LogP contribution in [-0.4, -0.2) is 53.8 Å². The normalized spacial score (nSPS) is 20.2. The number of nitrogens with zero attached hydrogens (tertiary/aromatic N) is 2. The summed E-state index contributed by atoms with van der Waals surface area (Å²) in [6.07, 6.45) is 0.946. The second-order valence-corrected chi connectivity index (χ2v) is 6.29. The molecule has 0 saturated carbocycles. The summed E-state index contributed by atoms with van der Waals surface area (Å²) >= 11 is 0. The van der Waals surface area contributed by atoms with Crippen molar-refractivity contribution in [1.82, 2.24) is 9.80 Å². The summed E-state index contributed by atoms with van der Waals surface area (Å²) in [7, 11) is 1.78. The summed E-state index contributed by atoms with van der Waals surface area (Å²) in [4.78, 5) is 28.5. The first-order valence-corrected chi connectivity index (χ1v) is 7.35. The fourth-order valence-electron chi connectivity index (χ4n) is 3.16. The zero-order valence-electron chi connectivity index (χ0n) is 12.8. The van der Waals surface area contributed by atoms with E-state index < -0.39 is 5.54 Å². The third kappa shape index (κ3) is 2.17. The summed E-state index contributed by atoms with van der Waals surface area (Å²) in [5, 5.41) is 3.29. The van der Waals surface area contributed by atoms with Crippen molar-refractivity contribution in [3.8, 4) is 0 Å². The van der Waals surface area contributed by atoms with Crippen LogP contribution in [0, 0.1) is 0 Å². The molecule has 2 aliphatic heterocycles. The Bertz CT molecular complexity index is 610. The van der Waals surface area contributed by atoms with Crippen LogP contribution < -0.4 is 5.32 Å². The topological polar surface area (TPSA) is 52.6 Å². The largest absolute Gasteiger partial charge is 0.384 e. The molecule has 2 amide bonds. The minimum atomic E-state index is -0.790. The van der Waals surface area contributed by atoms with E-state index in [1.54, 1.807) is 16.8 Å². The maximum Gasteiger partial charge on any atom is 0.254 e. The Morgan fingerprint density at radius 2 is 2.05 bits per heavy atom. The lowest BCUT2D eigenvalue weighted by Gasteiger charge is -2.44. The van der Waals surface area contributed by atoms with Gasteiger partial charge in [-0.1, -0.05) is 0 Å². The summed E-state index contributed by atoms with van der Waals surface area (Å²) in [5.41, 5.74) is 2.17. The van der Waals surface area contributed by atoms with Crippen LogP contribution in [0.4, 0.5) is 5.69 Å². The number of carbonyl (C=O) groups excluding carboxylic acids is 2. The Morgan fingerprint density at radius 3 is 2.81 bits per heavy atom. The smallest absolute Gasteiger partial charge is 0.254 e. The molecule has 1 fully saturated rings. The number of piperazine rings is 1. The highest BCUT2D eigenvalue weighted by atomic mass is 16.2. The molecule has 0 aliphatic carbocycles. The summed E-state index contributed by atoms with van der Waals surface area (Å²) < 4.78 is 0. The van der Waals surface area contributed by atoms with Gasteiger partial charge in [0.2, 0.25) is 5.91 Å². The van der Waals surface area contributed by atoms with E-state index in [0.717, 1.165) is 18.7 Å². The highest BCUT2D eigenvalue weighted by Crippen LogP contribution is 2.27. The molecule has 0 bridgehead atoms. The summed E-state index contributed by atoms with van der Waals surface area (Å²) in [6.45, 7) is 5.71. The van der Waals surface area contributed by atoms with E-state index >= 15 is 0 Å². The van der Waals surface area contributed by atoms with Crippen molar-refractivity contribution in [2.45, 2.75) is 25.8 Å². The van der Waals surface area contributed by atoms with Crippen LogP contribution in [0.15, 0.2) is 18.2 Å². The highest BCUT2D eigenvalue weighted by molar-refractivity contribution is 6.00. The molecular formula is C16H21N3O2. The zero-order chi connectivity index (χ0) is 15.2. The first kappa shape index (κ1) is 13.9. The number of benzene rings is 1. The SMILES string of the molecule is CN1CCN(C(=O)c2ccc3c(c2)CCN3)C(C)(C)C1=O. The van der Waals surface area contributed by atoms with Gasteiger partial charge in [-0.2, -0.15) is 0 Å². The van der Waals surface area contributed by atoms with Crippen LogP contribution in [0.1, 0.15) is 29.8 Å². The van der Waals surface area contributed by atoms with Crippen molar-refractivity contribution in [1.29, 1.82) is 0 Å². The number of rotatable bonds is 1. The predicted octanol–water partition coefficient (Wildman–Crippen LogP) is 1.35. The number of likely N-dealkylation sites (N-methyl/N-ethyl adjacent to an activating group) is 1. The Hall–Kier alpha value is -2.04. The molecule has 1 aromatic rings. The van der Waals surface area contributed by atoms with Gasteiger partial charge in [-0.3, -0.25) is 9.59 Å². The molecule has 1 saturated heterocycles. The maximum atomic E-state index is 12.8. The van der Waals surface area contributed by atoms with Crippen LogP contribution in [0.2, 0.25) is 0 Å². The molecule has 0 spiro atoms. The summed E-state index contributed by atoms with van der Waals surface area (Å²) in [6, 6.07) is 5.76. The molecule has 1 N–H and O–H groups in total. The average molecular weight is 287 g/mol. The summed E-state index contributed by atoms with van der Waals surface area (Å²) in [5.74, 6) is -0.0684. The molecule has 2 aliphatic rings. The third-order valence-electron chi connectivity index (χ3n) is 4.51. The van der Waals surface area contributed by atoms with Gasteiger partial charge in [-0.05, 0) is 44.0 Å². The van der Waals surface area contributed by atoms with E-state index in [1.165, 1.54) is 5.56 Å². The quantitative estimate of drug-likeness (QED) is 0.848. The Morgan fingerprint density at radius 1 is 1.29 bits per heavy atom. The number of hydrogen-bond acceptors (Lipinski definition) is 3. The van der Waals surface area contributed by atoms with E-state index in [1.807, 2.05) is 32.0 Å². The van der Waals surface area contributed by atoms with Crippen LogP contribution >= 0.6 is 0 Å². The molecule has 0 aromatic heterocycles.